The molecule has 1 N–H and O–H groups in total. The Hall–Kier alpha value is -3.33. The topological polar surface area (TPSA) is 92.6 Å². The molecule has 0 radical (unpaired) electrons. The zero-order valence-electron chi connectivity index (χ0n) is 20.0. The first-order valence-electron chi connectivity index (χ1n) is 11.2. The number of anilines is 2. The first-order chi connectivity index (χ1) is 16.0. The summed E-state index contributed by atoms with van der Waals surface area (Å²) in [6, 6.07) is 7.40. The lowest BCUT2D eigenvalue weighted by Gasteiger charge is -2.41. The first kappa shape index (κ1) is 23.8. The lowest BCUT2D eigenvalue weighted by atomic mass is 10.1. The quantitative estimate of drug-likeness (QED) is 0.589. The summed E-state index contributed by atoms with van der Waals surface area (Å²) in [4.78, 5) is 37.5. The van der Waals surface area contributed by atoms with E-state index >= 15 is 0 Å². The number of nitrogens with zero attached hydrogens (tertiary/aromatic N) is 5. The van der Waals surface area contributed by atoms with E-state index in [0.717, 1.165) is 11.1 Å². The van der Waals surface area contributed by atoms with E-state index in [-0.39, 0.29) is 18.0 Å². The lowest BCUT2D eigenvalue weighted by molar-refractivity contribution is -0.114. The smallest absolute Gasteiger partial charge is 0.410 e. The fourth-order valence-electron chi connectivity index (χ4n) is 4.14. The number of carbonyl (C=O) groups excluding carboxylic acids is 2. The molecule has 0 aliphatic carbocycles. The third-order valence-electron chi connectivity index (χ3n) is 5.51. The Morgan fingerprint density at radius 3 is 2.62 bits per heavy atom. The number of ether oxygens (including phenoxy) is 1. The van der Waals surface area contributed by atoms with Gasteiger partial charge >= 0.3 is 6.09 Å². The van der Waals surface area contributed by atoms with Crippen LogP contribution in [0.5, 0.6) is 0 Å². The summed E-state index contributed by atoms with van der Waals surface area (Å²) >= 11 is 6.22. The molecule has 0 spiro atoms. The minimum Gasteiger partial charge on any atom is -0.444 e. The maximum atomic E-state index is 12.6. The summed E-state index contributed by atoms with van der Waals surface area (Å²) in [6.45, 7) is 10.6. The molecule has 9 nitrogen and oxygen atoms in total. The average Bonchev–Trinajstić information content (AvgIpc) is 3.10. The van der Waals surface area contributed by atoms with Crippen molar-refractivity contribution >= 4 is 46.1 Å². The Morgan fingerprint density at radius 1 is 1.21 bits per heavy atom. The van der Waals surface area contributed by atoms with Crippen molar-refractivity contribution in [1.82, 2.24) is 19.4 Å². The van der Waals surface area contributed by atoms with Crippen molar-refractivity contribution in [3.05, 3.63) is 41.8 Å². The van der Waals surface area contributed by atoms with E-state index in [1.54, 1.807) is 11.0 Å². The summed E-state index contributed by atoms with van der Waals surface area (Å²) in [6.07, 6.45) is 3.03. The average molecular weight is 485 g/mol. The fraction of sp³-hybridized carbons (Fsp3) is 0.417. The van der Waals surface area contributed by atoms with E-state index in [4.69, 9.17) is 16.3 Å². The summed E-state index contributed by atoms with van der Waals surface area (Å²) in [5.74, 6) is 0.508. The largest absolute Gasteiger partial charge is 0.444 e. The minimum absolute atomic E-state index is 0.0286. The zero-order chi connectivity index (χ0) is 24.6. The minimum atomic E-state index is -0.549. The number of carbonyl (C=O) groups is 2. The zero-order valence-corrected chi connectivity index (χ0v) is 20.8. The molecule has 4 rings (SSSR count). The van der Waals surface area contributed by atoms with E-state index in [9.17, 15) is 9.59 Å². The van der Waals surface area contributed by atoms with Crippen LogP contribution in [-0.4, -0.2) is 62.7 Å². The molecule has 2 amide bonds. The van der Waals surface area contributed by atoms with Crippen LogP contribution in [0.25, 0.3) is 16.7 Å². The molecular formula is C24H29ClN6O3. The van der Waals surface area contributed by atoms with Gasteiger partial charge in [-0.15, -0.1) is 0 Å². The Balaban J connectivity index is 1.72. The summed E-state index contributed by atoms with van der Waals surface area (Å²) < 4.78 is 7.43. The van der Waals surface area contributed by atoms with E-state index < -0.39 is 5.60 Å². The lowest BCUT2D eigenvalue weighted by Crippen LogP contribution is -2.54. The SMILES string of the molecule is CC(=O)Nc1cn(-c2cccc(Cl)c2)c2ncnc(N3CCN(C(=O)OC(C)(C)C)C[C@@H]3C)c12. The van der Waals surface area contributed by atoms with Crippen molar-refractivity contribution in [2.75, 3.05) is 29.9 Å². The van der Waals surface area contributed by atoms with Crippen molar-refractivity contribution in [1.29, 1.82) is 0 Å². The van der Waals surface area contributed by atoms with E-state index in [1.165, 1.54) is 13.3 Å². The van der Waals surface area contributed by atoms with Gasteiger partial charge in [0.1, 0.15) is 17.7 Å². The summed E-state index contributed by atoms with van der Waals surface area (Å²) in [7, 11) is 0. The monoisotopic (exact) mass is 484 g/mol. The maximum Gasteiger partial charge on any atom is 0.410 e. The number of benzene rings is 1. The second kappa shape index (κ2) is 9.13. The van der Waals surface area contributed by atoms with Gasteiger partial charge in [0, 0.05) is 49.5 Å². The van der Waals surface area contributed by atoms with E-state index in [2.05, 4.69) is 20.2 Å². The molecule has 1 aromatic carbocycles. The van der Waals surface area contributed by atoms with Gasteiger partial charge < -0.3 is 19.9 Å². The highest BCUT2D eigenvalue weighted by atomic mass is 35.5. The van der Waals surface area contributed by atoms with Crippen LogP contribution in [0.3, 0.4) is 0 Å². The molecule has 3 aromatic rings. The molecule has 0 bridgehead atoms. The van der Waals surface area contributed by atoms with Crippen LogP contribution in [0.2, 0.25) is 5.02 Å². The number of fused-ring (bicyclic) bond motifs is 1. The Labute approximate surface area is 203 Å². The Bertz CT molecular complexity index is 1240. The highest BCUT2D eigenvalue weighted by Gasteiger charge is 2.32. The van der Waals surface area contributed by atoms with Crippen LogP contribution in [0.1, 0.15) is 34.6 Å². The fourth-order valence-corrected chi connectivity index (χ4v) is 4.32. The molecule has 1 aliphatic heterocycles. The van der Waals surface area contributed by atoms with Crippen LogP contribution in [0, 0.1) is 0 Å². The molecule has 3 heterocycles. The van der Waals surface area contributed by atoms with Gasteiger partial charge in [-0.3, -0.25) is 9.36 Å². The number of aromatic nitrogens is 3. The van der Waals surface area contributed by atoms with Gasteiger partial charge in [0.25, 0.3) is 0 Å². The molecule has 10 heteroatoms. The van der Waals surface area contributed by atoms with Crippen LogP contribution < -0.4 is 10.2 Å². The highest BCUT2D eigenvalue weighted by molar-refractivity contribution is 6.30. The molecular weight excluding hydrogens is 456 g/mol. The maximum absolute atomic E-state index is 12.6. The molecule has 0 saturated carbocycles. The van der Waals surface area contributed by atoms with E-state index in [1.807, 2.05) is 56.7 Å². The van der Waals surface area contributed by atoms with Gasteiger partial charge in [0.2, 0.25) is 5.91 Å². The first-order valence-corrected chi connectivity index (χ1v) is 11.6. The van der Waals surface area contributed by atoms with Crippen LogP contribution in [-0.2, 0) is 9.53 Å². The molecule has 1 fully saturated rings. The van der Waals surface area contributed by atoms with Gasteiger partial charge in [-0.05, 0) is 45.9 Å². The van der Waals surface area contributed by atoms with Crippen molar-refractivity contribution in [3.8, 4) is 5.69 Å². The second-order valence-corrected chi connectivity index (χ2v) is 9.87. The number of rotatable bonds is 3. The van der Waals surface area contributed by atoms with Gasteiger partial charge in [0.05, 0.1) is 11.1 Å². The van der Waals surface area contributed by atoms with Crippen LogP contribution in [0.15, 0.2) is 36.8 Å². The molecule has 1 aliphatic rings. The van der Waals surface area contributed by atoms with Gasteiger partial charge in [0.15, 0.2) is 5.65 Å². The van der Waals surface area contributed by atoms with Gasteiger partial charge in [-0.1, -0.05) is 17.7 Å². The number of halogens is 1. The van der Waals surface area contributed by atoms with E-state index in [0.29, 0.717) is 41.8 Å². The van der Waals surface area contributed by atoms with Crippen molar-refractivity contribution in [2.24, 2.45) is 0 Å². The van der Waals surface area contributed by atoms with Gasteiger partial charge in [-0.25, -0.2) is 14.8 Å². The second-order valence-electron chi connectivity index (χ2n) is 9.44. The third-order valence-corrected chi connectivity index (χ3v) is 5.75. The Kier molecular flexibility index (Phi) is 6.40. The molecule has 2 aromatic heterocycles. The van der Waals surface area contributed by atoms with Crippen molar-refractivity contribution in [2.45, 2.75) is 46.3 Å². The van der Waals surface area contributed by atoms with Crippen molar-refractivity contribution in [3.63, 3.8) is 0 Å². The number of nitrogens with one attached hydrogen (secondary N) is 1. The van der Waals surface area contributed by atoms with Crippen LogP contribution in [0.4, 0.5) is 16.3 Å². The molecule has 0 unspecified atom stereocenters. The standard InChI is InChI=1S/C24H29ClN6O3/c1-15-12-29(23(33)34-24(3,4)5)9-10-30(15)21-20-19(28-16(2)32)13-31(22(20)27-14-26-21)18-8-6-7-17(25)11-18/h6-8,11,13-15H,9-10,12H2,1-5H3,(H,28,32)/t15-/m0/s1. The molecule has 180 valence electrons. The molecule has 1 atom stereocenters. The third kappa shape index (κ3) is 4.94. The van der Waals surface area contributed by atoms with Gasteiger partial charge in [-0.2, -0.15) is 0 Å². The van der Waals surface area contributed by atoms with Crippen molar-refractivity contribution < 1.29 is 14.3 Å². The molecule has 34 heavy (non-hydrogen) atoms. The summed E-state index contributed by atoms with van der Waals surface area (Å²) in [5, 5.41) is 4.25. The Morgan fingerprint density at radius 2 is 1.97 bits per heavy atom. The highest BCUT2D eigenvalue weighted by Crippen LogP contribution is 2.35. The predicted molar refractivity (Wildman–Crippen MR) is 133 cm³/mol. The molecule has 1 saturated heterocycles. The number of hydrogen-bond donors (Lipinski definition) is 1. The predicted octanol–water partition coefficient (Wildman–Crippen LogP) is 4.48. The normalized spacial score (nSPS) is 16.6. The number of piperazine rings is 1. The summed E-state index contributed by atoms with van der Waals surface area (Å²) in [5.41, 5.74) is 1.53. The van der Waals surface area contributed by atoms with Crippen LogP contribution >= 0.6 is 11.6 Å². The number of amides is 2. The number of hydrogen-bond acceptors (Lipinski definition) is 6.